The van der Waals surface area contributed by atoms with Crippen LogP contribution in [0.15, 0.2) is 30.3 Å². The monoisotopic (exact) mass is 217 g/mol. The third kappa shape index (κ3) is 2.92. The van der Waals surface area contributed by atoms with Gasteiger partial charge in [0.05, 0.1) is 0 Å². The zero-order valence-electron chi connectivity index (χ0n) is 9.86. The van der Waals surface area contributed by atoms with E-state index in [-0.39, 0.29) is 0 Å². The summed E-state index contributed by atoms with van der Waals surface area (Å²) in [7, 11) is 0. The molecular weight excluding hydrogens is 198 g/mol. The molecule has 1 aliphatic rings. The summed E-state index contributed by atoms with van der Waals surface area (Å²) < 4.78 is 0. The minimum Gasteiger partial charge on any atom is -0.302 e. The van der Waals surface area contributed by atoms with Crippen LogP contribution in [-0.2, 0) is 4.79 Å². The Morgan fingerprint density at radius 3 is 2.44 bits per heavy atom. The van der Waals surface area contributed by atoms with Crippen molar-refractivity contribution in [2.24, 2.45) is 0 Å². The van der Waals surface area contributed by atoms with Gasteiger partial charge in [-0.3, -0.25) is 4.79 Å². The van der Waals surface area contributed by atoms with Gasteiger partial charge < -0.3 is 4.90 Å². The number of hydrogen-bond donors (Lipinski definition) is 0. The van der Waals surface area contributed by atoms with E-state index >= 15 is 0 Å². The number of hydrogen-bond acceptors (Lipinski definition) is 2. The highest BCUT2D eigenvalue weighted by atomic mass is 16.1. The van der Waals surface area contributed by atoms with E-state index in [1.807, 2.05) is 0 Å². The summed E-state index contributed by atoms with van der Waals surface area (Å²) in [6.07, 6.45) is 1.48. The molecule has 0 aliphatic carbocycles. The van der Waals surface area contributed by atoms with Crippen LogP contribution in [0.3, 0.4) is 0 Å². The van der Waals surface area contributed by atoms with Gasteiger partial charge in [0, 0.05) is 32.5 Å². The van der Waals surface area contributed by atoms with Crippen molar-refractivity contribution >= 4 is 5.78 Å². The SMILES string of the molecule is C[C@@H](CN1CCC(=O)CC1)c1ccccc1. The molecule has 2 rings (SSSR count). The van der Waals surface area contributed by atoms with Gasteiger partial charge in [0.1, 0.15) is 5.78 Å². The van der Waals surface area contributed by atoms with Crippen LogP contribution in [0.25, 0.3) is 0 Å². The molecule has 2 heteroatoms. The molecule has 0 bridgehead atoms. The molecule has 0 amide bonds. The third-order valence-corrected chi connectivity index (χ3v) is 3.31. The van der Waals surface area contributed by atoms with Crippen molar-refractivity contribution in [1.29, 1.82) is 0 Å². The van der Waals surface area contributed by atoms with Crippen molar-refractivity contribution in [3.63, 3.8) is 0 Å². The van der Waals surface area contributed by atoms with Crippen LogP contribution in [0.5, 0.6) is 0 Å². The first-order valence-electron chi connectivity index (χ1n) is 6.04. The van der Waals surface area contributed by atoms with Crippen molar-refractivity contribution in [3.05, 3.63) is 35.9 Å². The predicted molar refractivity (Wildman–Crippen MR) is 65.5 cm³/mol. The summed E-state index contributed by atoms with van der Waals surface area (Å²) >= 11 is 0. The molecular formula is C14H19NO. The maximum atomic E-state index is 11.1. The molecule has 2 nitrogen and oxygen atoms in total. The van der Waals surface area contributed by atoms with Crippen molar-refractivity contribution < 1.29 is 4.79 Å². The topological polar surface area (TPSA) is 20.3 Å². The van der Waals surface area contributed by atoms with Crippen molar-refractivity contribution in [3.8, 4) is 0 Å². The van der Waals surface area contributed by atoms with Crippen LogP contribution in [0.1, 0.15) is 31.2 Å². The molecule has 0 radical (unpaired) electrons. The normalized spacial score (nSPS) is 19.7. The van der Waals surface area contributed by atoms with E-state index in [9.17, 15) is 4.79 Å². The lowest BCUT2D eigenvalue weighted by atomic mass is 9.99. The van der Waals surface area contributed by atoms with Gasteiger partial charge in [-0.1, -0.05) is 37.3 Å². The highest BCUT2D eigenvalue weighted by molar-refractivity contribution is 5.79. The van der Waals surface area contributed by atoms with Crippen LogP contribution < -0.4 is 0 Å². The minimum absolute atomic E-state index is 0.420. The van der Waals surface area contributed by atoms with Crippen molar-refractivity contribution in [2.45, 2.75) is 25.7 Å². The number of rotatable bonds is 3. The van der Waals surface area contributed by atoms with E-state index in [0.717, 1.165) is 32.5 Å². The lowest BCUT2D eigenvalue weighted by Gasteiger charge is -2.28. The Kier molecular flexibility index (Phi) is 3.73. The molecule has 86 valence electrons. The first-order chi connectivity index (χ1) is 7.75. The van der Waals surface area contributed by atoms with Crippen molar-refractivity contribution in [2.75, 3.05) is 19.6 Å². The van der Waals surface area contributed by atoms with Gasteiger partial charge in [-0.2, -0.15) is 0 Å². The number of benzene rings is 1. The Morgan fingerprint density at radius 1 is 1.19 bits per heavy atom. The minimum atomic E-state index is 0.420. The van der Waals surface area contributed by atoms with Crippen LogP contribution in [0, 0.1) is 0 Å². The third-order valence-electron chi connectivity index (χ3n) is 3.31. The van der Waals surface area contributed by atoms with Crippen LogP contribution >= 0.6 is 0 Å². The zero-order chi connectivity index (χ0) is 11.4. The van der Waals surface area contributed by atoms with E-state index in [1.165, 1.54) is 5.56 Å². The zero-order valence-corrected chi connectivity index (χ0v) is 9.86. The largest absolute Gasteiger partial charge is 0.302 e. The lowest BCUT2D eigenvalue weighted by molar-refractivity contribution is -0.121. The lowest BCUT2D eigenvalue weighted by Crippen LogP contribution is -2.36. The van der Waals surface area contributed by atoms with Gasteiger partial charge in [-0.25, -0.2) is 0 Å². The van der Waals surface area contributed by atoms with Crippen LogP contribution in [0.2, 0.25) is 0 Å². The predicted octanol–water partition coefficient (Wildman–Crippen LogP) is 2.46. The van der Waals surface area contributed by atoms with E-state index in [2.05, 4.69) is 42.2 Å². The van der Waals surface area contributed by atoms with E-state index in [1.54, 1.807) is 0 Å². The first kappa shape index (κ1) is 11.3. The second-order valence-electron chi connectivity index (χ2n) is 4.65. The van der Waals surface area contributed by atoms with E-state index in [4.69, 9.17) is 0 Å². The molecule has 1 heterocycles. The average Bonchev–Trinajstić information content (AvgIpc) is 2.33. The van der Waals surface area contributed by atoms with E-state index < -0.39 is 0 Å². The Morgan fingerprint density at radius 2 is 1.81 bits per heavy atom. The molecule has 1 fully saturated rings. The van der Waals surface area contributed by atoms with Crippen LogP contribution in [-0.4, -0.2) is 30.3 Å². The molecule has 1 atom stereocenters. The van der Waals surface area contributed by atoms with Crippen LogP contribution in [0.4, 0.5) is 0 Å². The summed E-state index contributed by atoms with van der Waals surface area (Å²) in [4.78, 5) is 13.5. The molecule has 1 aromatic carbocycles. The maximum Gasteiger partial charge on any atom is 0.135 e. The Hall–Kier alpha value is -1.15. The number of likely N-dealkylation sites (tertiary alicyclic amines) is 1. The molecule has 1 aromatic rings. The molecule has 1 aliphatic heterocycles. The molecule has 0 spiro atoms. The number of ketones is 1. The van der Waals surface area contributed by atoms with Gasteiger partial charge in [-0.15, -0.1) is 0 Å². The summed E-state index contributed by atoms with van der Waals surface area (Å²) in [5.74, 6) is 0.970. The number of carbonyl (C=O) groups is 1. The highest BCUT2D eigenvalue weighted by Crippen LogP contribution is 2.17. The Labute approximate surface area is 97.3 Å². The quantitative estimate of drug-likeness (QED) is 0.775. The fraction of sp³-hybridized carbons (Fsp3) is 0.500. The van der Waals surface area contributed by atoms with Gasteiger partial charge in [-0.05, 0) is 11.5 Å². The highest BCUT2D eigenvalue weighted by Gasteiger charge is 2.18. The standard InChI is InChI=1S/C14H19NO/c1-12(13-5-3-2-4-6-13)11-15-9-7-14(16)8-10-15/h2-6,12H,7-11H2,1H3/t12-/m0/s1. The van der Waals surface area contributed by atoms with Gasteiger partial charge in [0.15, 0.2) is 0 Å². The van der Waals surface area contributed by atoms with Crippen molar-refractivity contribution in [1.82, 2.24) is 4.90 Å². The summed E-state index contributed by atoms with van der Waals surface area (Å²) in [5.41, 5.74) is 1.39. The fourth-order valence-corrected chi connectivity index (χ4v) is 2.26. The Balaban J connectivity index is 1.88. The summed E-state index contributed by atoms with van der Waals surface area (Å²) in [5, 5.41) is 0. The van der Waals surface area contributed by atoms with Gasteiger partial charge in [0.25, 0.3) is 0 Å². The number of piperidine rings is 1. The number of Topliss-reactive ketones (excluding diaryl/α,β-unsaturated/α-hetero) is 1. The smallest absolute Gasteiger partial charge is 0.135 e. The second-order valence-corrected chi connectivity index (χ2v) is 4.65. The number of nitrogens with zero attached hydrogens (tertiary/aromatic N) is 1. The average molecular weight is 217 g/mol. The molecule has 0 saturated carbocycles. The molecule has 1 saturated heterocycles. The fourth-order valence-electron chi connectivity index (χ4n) is 2.26. The molecule has 16 heavy (non-hydrogen) atoms. The van der Waals surface area contributed by atoms with E-state index in [0.29, 0.717) is 11.7 Å². The summed E-state index contributed by atoms with van der Waals surface area (Å²) in [6.45, 7) is 5.20. The maximum absolute atomic E-state index is 11.1. The first-order valence-corrected chi connectivity index (χ1v) is 6.04. The number of carbonyl (C=O) groups excluding carboxylic acids is 1. The van der Waals surface area contributed by atoms with Gasteiger partial charge >= 0.3 is 0 Å². The Bertz CT molecular complexity index is 337. The molecule has 0 aromatic heterocycles. The van der Waals surface area contributed by atoms with Gasteiger partial charge in [0.2, 0.25) is 0 Å². The second kappa shape index (κ2) is 5.26. The molecule has 0 unspecified atom stereocenters. The summed E-state index contributed by atoms with van der Waals surface area (Å²) in [6, 6.07) is 10.6. The molecule has 0 N–H and O–H groups in total.